The van der Waals surface area contributed by atoms with Gasteiger partial charge in [0.25, 0.3) is 0 Å². The quantitative estimate of drug-likeness (QED) is 0.326. The van der Waals surface area contributed by atoms with Crippen molar-refractivity contribution < 1.29 is 4.57 Å². The highest BCUT2D eigenvalue weighted by Gasteiger charge is 2.41. The molecule has 1 aliphatic carbocycles. The molecule has 0 fully saturated rings. The first-order valence-electron chi connectivity index (χ1n) is 10.5. The maximum Gasteiger partial charge on any atom is 0.141 e. The van der Waals surface area contributed by atoms with E-state index in [-0.39, 0.29) is 5.41 Å². The van der Waals surface area contributed by atoms with Crippen LogP contribution in [0.25, 0.3) is 33.4 Å². The monoisotopic (exact) mass is 406 g/mol. The molecular formula is C28H23OP. The van der Waals surface area contributed by atoms with E-state index in [9.17, 15) is 4.57 Å². The summed E-state index contributed by atoms with van der Waals surface area (Å²) in [6, 6.07) is 30.0. The molecule has 2 aliphatic rings. The molecule has 1 aliphatic heterocycles. The minimum absolute atomic E-state index is 0.0502. The van der Waals surface area contributed by atoms with Crippen molar-refractivity contribution in [1.82, 2.24) is 0 Å². The highest BCUT2D eigenvalue weighted by atomic mass is 31.2. The minimum atomic E-state index is -2.66. The number of hydrogen-bond acceptors (Lipinski definition) is 1. The number of hydrogen-bond donors (Lipinski definition) is 0. The smallest absolute Gasteiger partial charge is 0.141 e. The van der Waals surface area contributed by atoms with Crippen molar-refractivity contribution in [1.29, 1.82) is 0 Å². The molecule has 30 heavy (non-hydrogen) atoms. The molecule has 4 aromatic rings. The standard InChI is InChI=1S/C28H23OP/c1-28(2)24-12-8-7-11-20(24)22-17-27-23(16-25(22)28)21-14-13-19(15-26(21)30(27,3)29)18-9-5-4-6-10-18/h4-17H,1-3H3. The predicted molar refractivity (Wildman–Crippen MR) is 128 cm³/mol. The first-order chi connectivity index (χ1) is 14.4. The second kappa shape index (κ2) is 5.84. The van der Waals surface area contributed by atoms with Crippen LogP contribution in [0.2, 0.25) is 0 Å². The summed E-state index contributed by atoms with van der Waals surface area (Å²) in [4.78, 5) is 0. The van der Waals surface area contributed by atoms with E-state index in [1.807, 2.05) is 24.9 Å². The number of benzene rings is 4. The molecule has 0 amide bonds. The molecule has 2 heteroatoms. The average molecular weight is 406 g/mol. The van der Waals surface area contributed by atoms with Crippen LogP contribution in [0, 0.1) is 0 Å². The van der Waals surface area contributed by atoms with Crippen LogP contribution in [0.5, 0.6) is 0 Å². The maximum absolute atomic E-state index is 14.1. The second-order valence-electron chi connectivity index (χ2n) is 9.11. The lowest BCUT2D eigenvalue weighted by molar-refractivity contribution is 0.591. The Bertz CT molecular complexity index is 1400. The van der Waals surface area contributed by atoms with Crippen LogP contribution in [0.1, 0.15) is 25.0 Å². The zero-order chi connectivity index (χ0) is 20.7. The molecule has 6 rings (SSSR count). The van der Waals surface area contributed by atoms with E-state index in [0.29, 0.717) is 0 Å². The molecule has 4 aromatic carbocycles. The van der Waals surface area contributed by atoms with Crippen molar-refractivity contribution in [2.45, 2.75) is 19.3 Å². The van der Waals surface area contributed by atoms with Gasteiger partial charge in [0.1, 0.15) is 7.14 Å². The van der Waals surface area contributed by atoms with Gasteiger partial charge >= 0.3 is 0 Å². The molecule has 0 saturated carbocycles. The van der Waals surface area contributed by atoms with E-state index in [1.165, 1.54) is 22.3 Å². The van der Waals surface area contributed by atoms with Crippen molar-refractivity contribution in [2.24, 2.45) is 0 Å². The van der Waals surface area contributed by atoms with Crippen LogP contribution < -0.4 is 10.6 Å². The van der Waals surface area contributed by atoms with E-state index in [4.69, 9.17) is 0 Å². The Kier molecular flexibility index (Phi) is 3.49. The zero-order valence-corrected chi connectivity index (χ0v) is 18.3. The zero-order valence-electron chi connectivity index (χ0n) is 17.4. The summed E-state index contributed by atoms with van der Waals surface area (Å²) in [7, 11) is -2.66. The summed E-state index contributed by atoms with van der Waals surface area (Å²) in [5.41, 5.74) is 9.73. The van der Waals surface area contributed by atoms with Crippen LogP contribution in [0.15, 0.2) is 84.9 Å². The van der Waals surface area contributed by atoms with Crippen molar-refractivity contribution in [3.8, 4) is 33.4 Å². The van der Waals surface area contributed by atoms with Crippen molar-refractivity contribution in [2.75, 3.05) is 6.66 Å². The Hall–Kier alpha value is -2.89. The molecule has 0 N–H and O–H groups in total. The van der Waals surface area contributed by atoms with E-state index in [0.717, 1.165) is 32.9 Å². The topological polar surface area (TPSA) is 17.1 Å². The van der Waals surface area contributed by atoms with E-state index in [2.05, 4.69) is 80.6 Å². The molecule has 0 aromatic heterocycles. The van der Waals surface area contributed by atoms with E-state index < -0.39 is 7.14 Å². The molecule has 0 spiro atoms. The van der Waals surface area contributed by atoms with Crippen LogP contribution in [-0.4, -0.2) is 6.66 Å². The van der Waals surface area contributed by atoms with Gasteiger partial charge in [0.15, 0.2) is 0 Å². The third kappa shape index (κ3) is 2.22. The predicted octanol–water partition coefficient (Wildman–Crippen LogP) is 6.58. The lowest BCUT2D eigenvalue weighted by atomic mass is 9.81. The van der Waals surface area contributed by atoms with Gasteiger partial charge in [-0.15, -0.1) is 0 Å². The summed E-state index contributed by atoms with van der Waals surface area (Å²) in [5.74, 6) is 0. The average Bonchev–Trinajstić information content (AvgIpc) is 3.13. The largest absolute Gasteiger partial charge is 0.314 e. The second-order valence-corrected chi connectivity index (χ2v) is 11.9. The van der Waals surface area contributed by atoms with Crippen molar-refractivity contribution >= 4 is 17.8 Å². The SMILES string of the molecule is CC1(C)c2ccccc2-c2cc3c(cc21)-c1ccc(-c2ccccc2)cc1P3(C)=O. The Labute approximate surface area is 177 Å². The highest BCUT2D eigenvalue weighted by molar-refractivity contribution is 7.79. The Morgan fingerprint density at radius 1 is 0.600 bits per heavy atom. The van der Waals surface area contributed by atoms with Gasteiger partial charge in [-0.25, -0.2) is 0 Å². The summed E-state index contributed by atoms with van der Waals surface area (Å²) >= 11 is 0. The Balaban J connectivity index is 1.60. The molecule has 0 radical (unpaired) electrons. The highest BCUT2D eigenvalue weighted by Crippen LogP contribution is 2.55. The van der Waals surface area contributed by atoms with Gasteiger partial charge in [-0.05, 0) is 69.4 Å². The van der Waals surface area contributed by atoms with E-state index >= 15 is 0 Å². The molecule has 1 nitrogen and oxygen atoms in total. The molecule has 0 bridgehead atoms. The van der Waals surface area contributed by atoms with Gasteiger partial charge in [0.2, 0.25) is 0 Å². The Morgan fingerprint density at radius 3 is 2.10 bits per heavy atom. The normalized spacial score (nSPS) is 19.7. The molecule has 1 atom stereocenters. The Morgan fingerprint density at radius 2 is 1.30 bits per heavy atom. The van der Waals surface area contributed by atoms with Gasteiger partial charge in [-0.3, -0.25) is 0 Å². The van der Waals surface area contributed by atoms with Crippen LogP contribution in [0.4, 0.5) is 0 Å². The third-order valence-electron chi connectivity index (χ3n) is 7.01. The summed E-state index contributed by atoms with van der Waals surface area (Å²) in [5, 5.41) is 2.00. The molecule has 1 heterocycles. The molecular weight excluding hydrogens is 383 g/mol. The van der Waals surface area contributed by atoms with Crippen molar-refractivity contribution in [3.05, 3.63) is 96.1 Å². The fourth-order valence-corrected chi connectivity index (χ4v) is 7.68. The molecule has 146 valence electrons. The summed E-state index contributed by atoms with van der Waals surface area (Å²) in [6.45, 7) is 6.53. The molecule has 0 saturated heterocycles. The maximum atomic E-state index is 14.1. The van der Waals surface area contributed by atoms with Gasteiger partial charge in [-0.2, -0.15) is 0 Å². The summed E-state index contributed by atoms with van der Waals surface area (Å²) in [6.07, 6.45) is 0. The van der Waals surface area contributed by atoms with Gasteiger partial charge in [0.05, 0.1) is 0 Å². The third-order valence-corrected chi connectivity index (χ3v) is 9.59. The van der Waals surface area contributed by atoms with E-state index in [1.54, 1.807) is 0 Å². The van der Waals surface area contributed by atoms with Crippen molar-refractivity contribution in [3.63, 3.8) is 0 Å². The summed E-state index contributed by atoms with van der Waals surface area (Å²) < 4.78 is 14.1. The lowest BCUT2D eigenvalue weighted by Crippen LogP contribution is -2.16. The molecule has 1 unspecified atom stereocenters. The number of rotatable bonds is 1. The fraction of sp³-hybridized carbons (Fsp3) is 0.143. The lowest BCUT2D eigenvalue weighted by Gasteiger charge is -2.22. The van der Waals surface area contributed by atoms with Gasteiger partial charge in [-0.1, -0.05) is 80.6 Å². The van der Waals surface area contributed by atoms with Crippen LogP contribution in [0.3, 0.4) is 0 Å². The van der Waals surface area contributed by atoms with Crippen LogP contribution >= 0.6 is 7.14 Å². The number of fused-ring (bicyclic) bond motifs is 6. The van der Waals surface area contributed by atoms with Crippen LogP contribution in [-0.2, 0) is 9.98 Å². The van der Waals surface area contributed by atoms with Gasteiger partial charge in [0, 0.05) is 16.0 Å². The minimum Gasteiger partial charge on any atom is -0.314 e. The fourth-order valence-electron chi connectivity index (χ4n) is 5.36. The van der Waals surface area contributed by atoms with Gasteiger partial charge < -0.3 is 4.57 Å². The first kappa shape index (κ1) is 17.9. The first-order valence-corrected chi connectivity index (χ1v) is 12.6.